The summed E-state index contributed by atoms with van der Waals surface area (Å²) in [6.45, 7) is 0. The Kier molecular flexibility index (Phi) is 5.28. The average molecular weight is 290 g/mol. The number of rotatable bonds is 3. The van der Waals surface area contributed by atoms with E-state index < -0.39 is 0 Å². The Balaban J connectivity index is 2.01. The Morgan fingerprint density at radius 1 is 1.00 bits per heavy atom. The molecule has 0 radical (unpaired) electrons. The number of hydrogen-bond acceptors (Lipinski definition) is 3. The lowest BCUT2D eigenvalue weighted by Crippen LogP contribution is -2.00. The second kappa shape index (κ2) is 7.61. The summed E-state index contributed by atoms with van der Waals surface area (Å²) >= 11 is 0. The molecule has 0 spiro atoms. The van der Waals surface area contributed by atoms with Crippen LogP contribution in [0.4, 0.5) is 0 Å². The van der Waals surface area contributed by atoms with Gasteiger partial charge in [0, 0.05) is 11.1 Å². The van der Waals surface area contributed by atoms with Gasteiger partial charge in [-0.3, -0.25) is 4.79 Å². The molecule has 2 aromatic rings. The summed E-state index contributed by atoms with van der Waals surface area (Å²) in [6, 6.07) is 14.1. The van der Waals surface area contributed by atoms with Gasteiger partial charge < -0.3 is 4.74 Å². The minimum Gasteiger partial charge on any atom is -0.465 e. The van der Waals surface area contributed by atoms with Crippen LogP contribution in [0.3, 0.4) is 0 Å². The highest BCUT2D eigenvalue weighted by Gasteiger charge is 2.02. The summed E-state index contributed by atoms with van der Waals surface area (Å²) in [4.78, 5) is 21.8. The second-order valence-electron chi connectivity index (χ2n) is 4.46. The summed E-state index contributed by atoms with van der Waals surface area (Å²) < 4.78 is 4.64. The van der Waals surface area contributed by atoms with Crippen molar-refractivity contribution in [2.45, 2.75) is 0 Å². The second-order valence-corrected chi connectivity index (χ2v) is 4.46. The first-order valence-corrected chi connectivity index (χ1v) is 6.64. The van der Waals surface area contributed by atoms with E-state index in [0.717, 1.165) is 17.4 Å². The van der Waals surface area contributed by atoms with E-state index in [1.165, 1.54) is 7.11 Å². The zero-order valence-corrected chi connectivity index (χ0v) is 12.1. The van der Waals surface area contributed by atoms with Crippen molar-refractivity contribution in [3.05, 3.63) is 76.9 Å². The van der Waals surface area contributed by atoms with Gasteiger partial charge in [-0.25, -0.2) is 4.79 Å². The van der Waals surface area contributed by atoms with Gasteiger partial charge in [0.05, 0.1) is 12.7 Å². The Labute approximate surface area is 129 Å². The molecule has 3 nitrogen and oxygen atoms in total. The highest BCUT2D eigenvalue weighted by molar-refractivity contribution is 5.89. The summed E-state index contributed by atoms with van der Waals surface area (Å²) in [5.74, 6) is 5.55. The molecule has 0 amide bonds. The molecule has 0 bridgehead atoms. The number of methoxy groups -OCH3 is 1. The highest BCUT2D eigenvalue weighted by atomic mass is 16.5. The molecular formula is C19H14O3. The standard InChI is InChI=1S/C19H14O3/c1-22-19(21)18-12-10-16(11-13-18)5-3-2-4-15-6-8-17(14-20)9-7-15/h3,5-14H,1H3/b5-3+. The van der Waals surface area contributed by atoms with E-state index >= 15 is 0 Å². The number of allylic oxidation sites excluding steroid dienone is 1. The van der Waals surface area contributed by atoms with Crippen LogP contribution in [-0.4, -0.2) is 19.4 Å². The van der Waals surface area contributed by atoms with Gasteiger partial charge in [0.15, 0.2) is 0 Å². The van der Waals surface area contributed by atoms with Gasteiger partial charge >= 0.3 is 5.97 Å². The van der Waals surface area contributed by atoms with Crippen LogP contribution >= 0.6 is 0 Å². The predicted octanol–water partition coefficient (Wildman–Crippen LogP) is 3.35. The molecule has 0 fully saturated rings. The first-order valence-electron chi connectivity index (χ1n) is 6.64. The number of ether oxygens (including phenoxy) is 1. The maximum Gasteiger partial charge on any atom is 0.337 e. The van der Waals surface area contributed by atoms with E-state index in [-0.39, 0.29) is 5.97 Å². The smallest absolute Gasteiger partial charge is 0.337 e. The number of carbonyl (C=O) groups excluding carboxylic acids is 2. The van der Waals surface area contributed by atoms with Crippen LogP contribution in [0, 0.1) is 11.8 Å². The molecule has 3 heteroatoms. The highest BCUT2D eigenvalue weighted by Crippen LogP contribution is 2.07. The molecule has 2 rings (SSSR count). The monoisotopic (exact) mass is 290 g/mol. The molecule has 108 valence electrons. The van der Waals surface area contributed by atoms with Gasteiger partial charge in [0.1, 0.15) is 6.29 Å². The zero-order valence-electron chi connectivity index (χ0n) is 12.1. The van der Waals surface area contributed by atoms with Crippen LogP contribution < -0.4 is 0 Å². The lowest BCUT2D eigenvalue weighted by molar-refractivity contribution is 0.0600. The van der Waals surface area contributed by atoms with Crippen molar-refractivity contribution in [2.24, 2.45) is 0 Å². The van der Waals surface area contributed by atoms with Crippen molar-refractivity contribution in [2.75, 3.05) is 7.11 Å². The first-order chi connectivity index (χ1) is 10.7. The van der Waals surface area contributed by atoms with Crippen LogP contribution in [0.5, 0.6) is 0 Å². The maximum absolute atomic E-state index is 11.3. The third kappa shape index (κ3) is 4.19. The lowest BCUT2D eigenvalue weighted by atomic mass is 10.1. The van der Waals surface area contributed by atoms with Gasteiger partial charge in [-0.05, 0) is 42.0 Å². The molecule has 0 saturated carbocycles. The van der Waals surface area contributed by atoms with Gasteiger partial charge in [-0.15, -0.1) is 0 Å². The average Bonchev–Trinajstić information content (AvgIpc) is 2.59. The number of hydrogen-bond donors (Lipinski definition) is 0. The van der Waals surface area contributed by atoms with Crippen LogP contribution in [0.25, 0.3) is 6.08 Å². The van der Waals surface area contributed by atoms with Gasteiger partial charge in [0.25, 0.3) is 0 Å². The van der Waals surface area contributed by atoms with Crippen molar-refractivity contribution >= 4 is 18.3 Å². The van der Waals surface area contributed by atoms with E-state index in [1.54, 1.807) is 42.5 Å². The van der Waals surface area contributed by atoms with Crippen LogP contribution in [0.1, 0.15) is 31.8 Å². The fourth-order valence-corrected chi connectivity index (χ4v) is 1.76. The maximum atomic E-state index is 11.3. The molecule has 0 saturated heterocycles. The van der Waals surface area contributed by atoms with E-state index in [9.17, 15) is 9.59 Å². The molecule has 22 heavy (non-hydrogen) atoms. The number of esters is 1. The lowest BCUT2D eigenvalue weighted by Gasteiger charge is -1.98. The van der Waals surface area contributed by atoms with Crippen molar-refractivity contribution in [3.8, 4) is 11.8 Å². The molecule has 0 N–H and O–H groups in total. The van der Waals surface area contributed by atoms with Crippen molar-refractivity contribution in [3.63, 3.8) is 0 Å². The number of aldehydes is 1. The molecule has 0 atom stereocenters. The van der Waals surface area contributed by atoms with Crippen molar-refractivity contribution < 1.29 is 14.3 Å². The van der Waals surface area contributed by atoms with E-state index in [0.29, 0.717) is 11.1 Å². The van der Waals surface area contributed by atoms with Crippen molar-refractivity contribution in [1.82, 2.24) is 0 Å². The topological polar surface area (TPSA) is 43.4 Å². The van der Waals surface area contributed by atoms with Crippen molar-refractivity contribution in [1.29, 1.82) is 0 Å². The summed E-state index contributed by atoms with van der Waals surface area (Å²) in [7, 11) is 1.35. The van der Waals surface area contributed by atoms with E-state index in [4.69, 9.17) is 0 Å². The van der Waals surface area contributed by atoms with E-state index in [2.05, 4.69) is 16.6 Å². The van der Waals surface area contributed by atoms with Gasteiger partial charge in [0.2, 0.25) is 0 Å². The Hall–Kier alpha value is -3.12. The quantitative estimate of drug-likeness (QED) is 0.494. The van der Waals surface area contributed by atoms with Crippen LogP contribution in [0.15, 0.2) is 54.6 Å². The SMILES string of the molecule is COC(=O)c1ccc(/C=C/C#Cc2ccc(C=O)cc2)cc1. The fraction of sp³-hybridized carbons (Fsp3) is 0.0526. The Bertz CT molecular complexity index is 742. The predicted molar refractivity (Wildman–Crippen MR) is 85.5 cm³/mol. The van der Waals surface area contributed by atoms with Crippen LogP contribution in [0.2, 0.25) is 0 Å². The van der Waals surface area contributed by atoms with Crippen LogP contribution in [-0.2, 0) is 4.74 Å². The van der Waals surface area contributed by atoms with Gasteiger partial charge in [-0.2, -0.15) is 0 Å². The molecule has 0 aliphatic heterocycles. The normalized spacial score (nSPS) is 9.86. The molecule has 0 aromatic heterocycles. The minimum atomic E-state index is -0.353. The summed E-state index contributed by atoms with van der Waals surface area (Å²) in [5.41, 5.74) is 2.93. The minimum absolute atomic E-state index is 0.353. The molecule has 0 aliphatic carbocycles. The summed E-state index contributed by atoms with van der Waals surface area (Å²) in [6.07, 6.45) is 4.39. The third-order valence-corrected chi connectivity index (χ3v) is 2.95. The summed E-state index contributed by atoms with van der Waals surface area (Å²) in [5, 5.41) is 0. The largest absolute Gasteiger partial charge is 0.465 e. The number of carbonyl (C=O) groups is 2. The Morgan fingerprint density at radius 2 is 1.64 bits per heavy atom. The fourth-order valence-electron chi connectivity index (χ4n) is 1.76. The Morgan fingerprint density at radius 3 is 2.23 bits per heavy atom. The first kappa shape index (κ1) is 15.3. The molecule has 0 heterocycles. The molecule has 0 unspecified atom stereocenters. The number of benzene rings is 2. The van der Waals surface area contributed by atoms with Gasteiger partial charge in [-0.1, -0.05) is 36.1 Å². The third-order valence-electron chi connectivity index (χ3n) is 2.95. The molecule has 2 aromatic carbocycles. The molecule has 0 aliphatic rings. The molecular weight excluding hydrogens is 276 g/mol. The van der Waals surface area contributed by atoms with E-state index in [1.807, 2.05) is 18.2 Å². The zero-order chi connectivity index (χ0) is 15.8.